The van der Waals surface area contributed by atoms with Crippen LogP contribution in [-0.2, 0) is 11.3 Å². The molecule has 1 aromatic heterocycles. The van der Waals surface area contributed by atoms with Gasteiger partial charge in [0.05, 0.1) is 12.0 Å². The third-order valence-electron chi connectivity index (χ3n) is 4.83. The lowest BCUT2D eigenvalue weighted by atomic mass is 10.0. The number of carbonyl (C=O) groups is 1. The number of nitrogens with one attached hydrogen (secondary N) is 1. The van der Waals surface area contributed by atoms with Gasteiger partial charge in [-0.05, 0) is 18.6 Å². The molecule has 0 bridgehead atoms. The Morgan fingerprint density at radius 3 is 2.33 bits per heavy atom. The number of hydrogen-bond acceptors (Lipinski definition) is 3. The van der Waals surface area contributed by atoms with E-state index in [4.69, 9.17) is 0 Å². The smallest absolute Gasteiger partial charge is 0.254 e. The summed E-state index contributed by atoms with van der Waals surface area (Å²) in [6.45, 7) is 1.90. The summed E-state index contributed by atoms with van der Waals surface area (Å²) in [5, 5.41) is 2.91. The van der Waals surface area contributed by atoms with Gasteiger partial charge in [0.25, 0.3) is 5.56 Å². The van der Waals surface area contributed by atoms with Gasteiger partial charge in [0.2, 0.25) is 5.91 Å². The summed E-state index contributed by atoms with van der Waals surface area (Å²) in [7, 11) is 0. The largest absolute Gasteiger partial charge is 0.324 e. The fraction of sp³-hybridized carbons (Fsp3) is 0.0800. The van der Waals surface area contributed by atoms with Crippen molar-refractivity contribution < 1.29 is 4.79 Å². The van der Waals surface area contributed by atoms with E-state index in [1.54, 1.807) is 0 Å². The zero-order chi connectivity index (χ0) is 20.9. The van der Waals surface area contributed by atoms with E-state index in [1.807, 2.05) is 85.8 Å². The first kappa shape index (κ1) is 19.3. The molecule has 0 aliphatic rings. The SMILES string of the molecule is Cc1ccc(-c2cc(=O)n(CC(=O)Nc3ccccc3-c3ccccc3)cn2)cc1. The van der Waals surface area contributed by atoms with Crippen LogP contribution in [0.25, 0.3) is 22.4 Å². The zero-order valence-corrected chi connectivity index (χ0v) is 16.6. The standard InChI is InChI=1S/C25H21N3O2/c1-18-11-13-20(14-12-18)23-15-25(30)28(17-26-23)16-24(29)27-22-10-6-5-9-21(22)19-7-3-2-4-8-19/h2-15,17H,16H2,1H3,(H,27,29). The van der Waals surface area contributed by atoms with E-state index in [9.17, 15) is 9.59 Å². The van der Waals surface area contributed by atoms with Gasteiger partial charge < -0.3 is 5.32 Å². The number of aryl methyl sites for hydroxylation is 1. The Bertz CT molecular complexity index is 1230. The Balaban J connectivity index is 1.52. The molecule has 30 heavy (non-hydrogen) atoms. The summed E-state index contributed by atoms with van der Waals surface area (Å²) < 4.78 is 1.30. The average Bonchev–Trinajstić information content (AvgIpc) is 2.77. The van der Waals surface area contributed by atoms with Crippen LogP contribution in [0, 0.1) is 6.92 Å². The van der Waals surface area contributed by atoms with Crippen molar-refractivity contribution in [2.45, 2.75) is 13.5 Å². The highest BCUT2D eigenvalue weighted by atomic mass is 16.2. The van der Waals surface area contributed by atoms with Crippen molar-refractivity contribution in [2.24, 2.45) is 0 Å². The number of aromatic nitrogens is 2. The number of anilines is 1. The first-order valence-corrected chi connectivity index (χ1v) is 9.68. The molecule has 148 valence electrons. The molecule has 0 saturated heterocycles. The molecule has 1 N–H and O–H groups in total. The van der Waals surface area contributed by atoms with E-state index in [-0.39, 0.29) is 18.0 Å². The van der Waals surface area contributed by atoms with E-state index in [0.717, 1.165) is 22.3 Å². The lowest BCUT2D eigenvalue weighted by Crippen LogP contribution is -2.27. The van der Waals surface area contributed by atoms with Crippen molar-refractivity contribution in [1.82, 2.24) is 9.55 Å². The molecular formula is C25H21N3O2. The van der Waals surface area contributed by atoms with Gasteiger partial charge in [0.15, 0.2) is 0 Å². The van der Waals surface area contributed by atoms with E-state index < -0.39 is 0 Å². The topological polar surface area (TPSA) is 64.0 Å². The van der Waals surface area contributed by atoms with Gasteiger partial charge in [0, 0.05) is 22.9 Å². The Kier molecular flexibility index (Phi) is 5.52. The molecule has 0 saturated carbocycles. The average molecular weight is 395 g/mol. The second-order valence-corrected chi connectivity index (χ2v) is 7.07. The number of carbonyl (C=O) groups excluding carboxylic acids is 1. The van der Waals surface area contributed by atoms with E-state index in [2.05, 4.69) is 10.3 Å². The molecule has 0 aliphatic heterocycles. The quantitative estimate of drug-likeness (QED) is 0.540. The van der Waals surface area contributed by atoms with Gasteiger partial charge in [-0.3, -0.25) is 14.2 Å². The molecule has 3 aromatic carbocycles. The molecule has 1 heterocycles. The second-order valence-electron chi connectivity index (χ2n) is 7.07. The maximum atomic E-state index is 12.6. The second kappa shape index (κ2) is 8.57. The van der Waals surface area contributed by atoms with Crippen molar-refractivity contribution in [3.05, 3.63) is 107 Å². The number of amides is 1. The third-order valence-corrected chi connectivity index (χ3v) is 4.83. The van der Waals surface area contributed by atoms with Crippen LogP contribution in [-0.4, -0.2) is 15.5 Å². The van der Waals surface area contributed by atoms with Crippen molar-refractivity contribution >= 4 is 11.6 Å². The molecule has 4 rings (SSSR count). The van der Waals surface area contributed by atoms with Gasteiger partial charge in [-0.1, -0.05) is 78.4 Å². The van der Waals surface area contributed by atoms with Crippen molar-refractivity contribution in [1.29, 1.82) is 0 Å². The van der Waals surface area contributed by atoms with Crippen LogP contribution in [0.1, 0.15) is 5.56 Å². The van der Waals surface area contributed by atoms with Gasteiger partial charge in [-0.25, -0.2) is 4.98 Å². The molecular weight excluding hydrogens is 374 g/mol. The number of para-hydroxylation sites is 1. The molecule has 5 nitrogen and oxygen atoms in total. The van der Waals surface area contributed by atoms with Crippen LogP contribution in [0.3, 0.4) is 0 Å². The fourth-order valence-corrected chi connectivity index (χ4v) is 3.23. The van der Waals surface area contributed by atoms with E-state index >= 15 is 0 Å². The Morgan fingerprint density at radius 1 is 0.900 bits per heavy atom. The van der Waals surface area contributed by atoms with Crippen LogP contribution in [0.15, 0.2) is 96.1 Å². The lowest BCUT2D eigenvalue weighted by Gasteiger charge is -2.12. The molecule has 0 fully saturated rings. The minimum atomic E-state index is -0.287. The van der Waals surface area contributed by atoms with Crippen molar-refractivity contribution in [2.75, 3.05) is 5.32 Å². The Morgan fingerprint density at radius 2 is 1.60 bits per heavy atom. The number of rotatable bonds is 5. The van der Waals surface area contributed by atoms with Crippen LogP contribution in [0.5, 0.6) is 0 Å². The van der Waals surface area contributed by atoms with Gasteiger partial charge in [-0.15, -0.1) is 0 Å². The zero-order valence-electron chi connectivity index (χ0n) is 16.6. The van der Waals surface area contributed by atoms with Crippen LogP contribution in [0.2, 0.25) is 0 Å². The molecule has 1 amide bonds. The summed E-state index contributed by atoms with van der Waals surface area (Å²) in [4.78, 5) is 29.5. The molecule has 0 aliphatic carbocycles. The van der Waals surface area contributed by atoms with E-state index in [1.165, 1.54) is 17.0 Å². The summed E-state index contributed by atoms with van der Waals surface area (Å²) in [5.74, 6) is -0.287. The van der Waals surface area contributed by atoms with Crippen molar-refractivity contribution in [3.8, 4) is 22.4 Å². The van der Waals surface area contributed by atoms with Crippen LogP contribution in [0.4, 0.5) is 5.69 Å². The molecule has 0 spiro atoms. The molecule has 0 atom stereocenters. The lowest BCUT2D eigenvalue weighted by molar-refractivity contribution is -0.116. The third kappa shape index (κ3) is 4.36. The first-order chi connectivity index (χ1) is 14.6. The normalized spacial score (nSPS) is 10.6. The number of benzene rings is 3. The minimum Gasteiger partial charge on any atom is -0.324 e. The highest BCUT2D eigenvalue weighted by Gasteiger charge is 2.10. The van der Waals surface area contributed by atoms with Gasteiger partial charge in [-0.2, -0.15) is 0 Å². The van der Waals surface area contributed by atoms with Crippen LogP contribution >= 0.6 is 0 Å². The van der Waals surface area contributed by atoms with Crippen LogP contribution < -0.4 is 10.9 Å². The minimum absolute atomic E-state index is 0.108. The number of hydrogen-bond donors (Lipinski definition) is 1. The highest BCUT2D eigenvalue weighted by Crippen LogP contribution is 2.27. The predicted octanol–water partition coefficient (Wildman–Crippen LogP) is 4.52. The molecule has 4 aromatic rings. The summed E-state index contributed by atoms with van der Waals surface area (Å²) >= 11 is 0. The predicted molar refractivity (Wildman–Crippen MR) is 119 cm³/mol. The Labute approximate surface area is 174 Å². The molecule has 0 unspecified atom stereocenters. The highest BCUT2D eigenvalue weighted by molar-refractivity contribution is 5.95. The molecule has 0 radical (unpaired) electrons. The Hall–Kier alpha value is -3.99. The van der Waals surface area contributed by atoms with Gasteiger partial charge >= 0.3 is 0 Å². The maximum Gasteiger partial charge on any atom is 0.254 e. The van der Waals surface area contributed by atoms with Crippen molar-refractivity contribution in [3.63, 3.8) is 0 Å². The summed E-state index contributed by atoms with van der Waals surface area (Å²) in [6.07, 6.45) is 1.42. The summed E-state index contributed by atoms with van der Waals surface area (Å²) in [6, 6.07) is 26.7. The van der Waals surface area contributed by atoms with Gasteiger partial charge in [0.1, 0.15) is 6.54 Å². The monoisotopic (exact) mass is 395 g/mol. The first-order valence-electron chi connectivity index (χ1n) is 9.68. The molecule has 5 heteroatoms. The number of nitrogens with zero attached hydrogens (tertiary/aromatic N) is 2. The fourth-order valence-electron chi connectivity index (χ4n) is 3.23. The summed E-state index contributed by atoms with van der Waals surface area (Å²) in [5.41, 5.74) is 4.95. The maximum absolute atomic E-state index is 12.6. The van der Waals surface area contributed by atoms with E-state index in [0.29, 0.717) is 11.4 Å².